The first-order valence-corrected chi connectivity index (χ1v) is 26.6. The van der Waals surface area contributed by atoms with Crippen molar-refractivity contribution >= 4 is 49.3 Å². The maximum Gasteiger partial charge on any atom is 0.416 e. The van der Waals surface area contributed by atoms with Crippen LogP contribution >= 0.6 is 0 Å². The van der Waals surface area contributed by atoms with Crippen molar-refractivity contribution in [1.82, 2.24) is 68.9 Å². The number of fused-ring (bicyclic) bond motifs is 6. The van der Waals surface area contributed by atoms with E-state index in [4.69, 9.17) is 46.4 Å². The lowest BCUT2D eigenvalue weighted by Crippen LogP contribution is -2.05. The van der Waals surface area contributed by atoms with Gasteiger partial charge in [-0.25, -0.2) is 64.7 Å². The van der Waals surface area contributed by atoms with E-state index in [0.717, 1.165) is 77.6 Å². The van der Waals surface area contributed by atoms with Gasteiger partial charge in [-0.1, -0.05) is 18.2 Å². The summed E-state index contributed by atoms with van der Waals surface area (Å²) >= 11 is 0. The Morgan fingerprint density at radius 3 is 1.10 bits per heavy atom. The highest BCUT2D eigenvalue weighted by molar-refractivity contribution is 6.13. The molecular weight excluding hydrogens is 1050 g/mol. The van der Waals surface area contributed by atoms with Gasteiger partial charge in [0.05, 0.1) is 39.9 Å². The average molecular weight is 1100 g/mol. The van der Waals surface area contributed by atoms with E-state index in [0.29, 0.717) is 109 Å². The Morgan fingerprint density at radius 1 is 0.349 bits per heavy atom. The Balaban J connectivity index is 1.09. The Labute approximate surface area is 473 Å². The van der Waals surface area contributed by atoms with Gasteiger partial charge >= 0.3 is 6.18 Å². The Hall–Kier alpha value is -10.5. The summed E-state index contributed by atoms with van der Waals surface area (Å²) in [6.07, 6.45) is -4.59. The molecule has 7 aromatic carbocycles. The molecule has 0 saturated carbocycles. The molecule has 0 saturated heterocycles. The van der Waals surface area contributed by atoms with Crippen LogP contribution in [0.5, 0.6) is 0 Å². The maximum atomic E-state index is 14.6. The average Bonchev–Trinajstić information content (AvgIpc) is 4.16. The van der Waals surface area contributed by atoms with E-state index in [9.17, 15) is 13.2 Å². The third-order valence-corrected chi connectivity index (χ3v) is 14.6. The third-order valence-electron chi connectivity index (χ3n) is 14.6. The second kappa shape index (κ2) is 19.6. The normalized spacial score (nSPS) is 11.8. The van der Waals surface area contributed by atoms with Gasteiger partial charge in [-0.3, -0.25) is 0 Å². The summed E-state index contributed by atoms with van der Waals surface area (Å²) in [5.74, 6) is 6.84. The van der Waals surface area contributed by atoms with Crippen LogP contribution in [-0.4, -0.2) is 68.9 Å². The van der Waals surface area contributed by atoms with Crippen molar-refractivity contribution in [2.75, 3.05) is 0 Å². The standard InChI is InChI=1S/C65H48F3N15/c1-32-23-46(25-47(24-32)65(66,67)68)41-11-18-58(83-59-21-14-44(63-78-37(6)72-38(7)79-63)29-53(59)54-30-45(15-22-60(54)83)64-80-39(8)73-40(9)81-64)50(26-41)49-31-48(16-17-55(49)69-10)82-56-19-12-42(61-74-33(2)70-34(3)75-61)27-51(56)52-28-43(13-20-57(52)82)62-76-35(4)71-36(5)77-62/h11-31H,1-9H3. The fourth-order valence-corrected chi connectivity index (χ4v) is 11.3. The molecular formula is C65H48F3N15. The third kappa shape index (κ3) is 9.41. The number of hydrogen-bond donors (Lipinski definition) is 0. The lowest BCUT2D eigenvalue weighted by atomic mass is 9.94. The molecule has 83 heavy (non-hydrogen) atoms. The number of hydrogen-bond acceptors (Lipinski definition) is 12. The first-order valence-electron chi connectivity index (χ1n) is 26.6. The zero-order valence-electron chi connectivity index (χ0n) is 46.5. The number of alkyl halides is 3. The first kappa shape index (κ1) is 51.9. The first-order chi connectivity index (χ1) is 39.8. The Bertz CT molecular complexity index is 4640. The van der Waals surface area contributed by atoms with E-state index >= 15 is 0 Å². The van der Waals surface area contributed by atoms with Gasteiger partial charge in [0.2, 0.25) is 0 Å². The number of halogens is 3. The fourth-order valence-electron chi connectivity index (χ4n) is 11.3. The molecule has 0 spiro atoms. The Kier molecular flexibility index (Phi) is 12.3. The lowest BCUT2D eigenvalue weighted by molar-refractivity contribution is -0.137. The second-order valence-electron chi connectivity index (χ2n) is 20.7. The van der Waals surface area contributed by atoms with Gasteiger partial charge < -0.3 is 9.13 Å². The molecule has 15 nitrogen and oxygen atoms in total. The zero-order valence-corrected chi connectivity index (χ0v) is 46.5. The summed E-state index contributed by atoms with van der Waals surface area (Å²) in [4.78, 5) is 59.6. The highest BCUT2D eigenvalue weighted by Crippen LogP contribution is 2.45. The molecule has 0 bridgehead atoms. The van der Waals surface area contributed by atoms with Gasteiger partial charge in [0.15, 0.2) is 29.0 Å². The minimum atomic E-state index is -4.59. The van der Waals surface area contributed by atoms with E-state index < -0.39 is 11.7 Å². The van der Waals surface area contributed by atoms with Gasteiger partial charge in [-0.05, 0) is 199 Å². The van der Waals surface area contributed by atoms with Crippen LogP contribution < -0.4 is 0 Å². The molecule has 0 aliphatic heterocycles. The number of rotatable bonds is 8. The fraction of sp³-hybridized carbons (Fsp3) is 0.154. The number of aryl methyl sites for hydroxylation is 9. The quantitative estimate of drug-likeness (QED) is 0.132. The summed E-state index contributed by atoms with van der Waals surface area (Å²) in [6, 6.07) is 39.8. The molecule has 6 heterocycles. The van der Waals surface area contributed by atoms with E-state index in [1.54, 1.807) is 19.1 Å². The topological polar surface area (TPSA) is 169 Å². The molecule has 0 aliphatic rings. The largest absolute Gasteiger partial charge is 0.416 e. The lowest BCUT2D eigenvalue weighted by Gasteiger charge is -2.19. The van der Waals surface area contributed by atoms with Gasteiger partial charge in [0.25, 0.3) is 0 Å². The molecule has 0 atom stereocenters. The summed E-state index contributed by atoms with van der Waals surface area (Å²) in [6.45, 7) is 25.1. The van der Waals surface area contributed by atoms with Crippen LogP contribution in [0.2, 0.25) is 0 Å². The summed E-state index contributed by atoms with van der Waals surface area (Å²) in [5, 5.41) is 3.50. The van der Waals surface area contributed by atoms with Crippen LogP contribution in [0.3, 0.4) is 0 Å². The van der Waals surface area contributed by atoms with Gasteiger partial charge in [0, 0.05) is 49.5 Å². The predicted octanol–water partition coefficient (Wildman–Crippen LogP) is 15.0. The number of benzene rings is 7. The minimum Gasteiger partial charge on any atom is -0.309 e. The van der Waals surface area contributed by atoms with Crippen LogP contribution in [0.1, 0.15) is 57.7 Å². The van der Waals surface area contributed by atoms with Crippen molar-refractivity contribution in [3.8, 4) is 79.2 Å². The van der Waals surface area contributed by atoms with Crippen molar-refractivity contribution in [2.45, 2.75) is 68.5 Å². The smallest absolute Gasteiger partial charge is 0.309 e. The monoisotopic (exact) mass is 1100 g/mol. The van der Waals surface area contributed by atoms with Crippen molar-refractivity contribution in [1.29, 1.82) is 0 Å². The molecule has 0 aliphatic carbocycles. The van der Waals surface area contributed by atoms with Crippen LogP contribution in [0.25, 0.3) is 128 Å². The highest BCUT2D eigenvalue weighted by atomic mass is 19.4. The van der Waals surface area contributed by atoms with Crippen molar-refractivity contribution < 1.29 is 13.2 Å². The Morgan fingerprint density at radius 2 is 0.723 bits per heavy atom. The van der Waals surface area contributed by atoms with E-state index in [1.165, 1.54) is 6.07 Å². The van der Waals surface area contributed by atoms with Gasteiger partial charge in [0.1, 0.15) is 46.6 Å². The van der Waals surface area contributed by atoms with E-state index in [1.807, 2.05) is 134 Å². The van der Waals surface area contributed by atoms with Crippen LogP contribution in [-0.2, 0) is 6.18 Å². The second-order valence-corrected chi connectivity index (χ2v) is 20.7. The number of aromatic nitrogens is 14. The van der Waals surface area contributed by atoms with E-state index in [2.05, 4.69) is 58.2 Å². The summed E-state index contributed by atoms with van der Waals surface area (Å²) in [5.41, 5.74) is 9.86. The van der Waals surface area contributed by atoms with E-state index in [-0.39, 0.29) is 0 Å². The highest BCUT2D eigenvalue weighted by Gasteiger charge is 2.31. The molecule has 0 amide bonds. The SMILES string of the molecule is [C-]#[N+]c1ccc(-n2c3ccc(-c4nc(C)nc(C)n4)cc3c3cc(-c4nc(C)nc(C)n4)ccc32)cc1-c1cc(-c2cc(C)cc(C(F)(F)F)c2)ccc1-n1c2ccc(-c3nc(C)nc(C)n3)cc2c2cc(-c3nc(C)nc(C)n3)ccc21. The van der Waals surface area contributed by atoms with Crippen LogP contribution in [0, 0.1) is 68.9 Å². The van der Waals surface area contributed by atoms with Crippen LogP contribution in [0.15, 0.2) is 127 Å². The van der Waals surface area contributed by atoms with Crippen molar-refractivity contribution in [3.63, 3.8) is 0 Å². The predicted molar refractivity (Wildman–Crippen MR) is 315 cm³/mol. The zero-order chi connectivity index (χ0) is 57.7. The molecule has 0 fully saturated rings. The van der Waals surface area contributed by atoms with Crippen molar-refractivity contribution in [3.05, 3.63) is 197 Å². The van der Waals surface area contributed by atoms with Crippen molar-refractivity contribution in [2.24, 2.45) is 0 Å². The summed E-state index contributed by atoms with van der Waals surface area (Å²) < 4.78 is 48.1. The molecule has 13 rings (SSSR count). The van der Waals surface area contributed by atoms with Gasteiger partial charge in [-0.2, -0.15) is 13.2 Å². The molecule has 0 N–H and O–H groups in total. The molecule has 13 aromatic rings. The number of nitrogens with zero attached hydrogens (tertiary/aromatic N) is 15. The summed E-state index contributed by atoms with van der Waals surface area (Å²) in [7, 11) is 0. The molecule has 0 unspecified atom stereocenters. The molecule has 18 heteroatoms. The van der Waals surface area contributed by atoms with Crippen LogP contribution in [0.4, 0.5) is 18.9 Å². The molecule has 404 valence electrons. The molecule has 6 aromatic heterocycles. The van der Waals surface area contributed by atoms with Gasteiger partial charge in [-0.15, -0.1) is 0 Å². The maximum absolute atomic E-state index is 14.6. The minimum absolute atomic E-state index is 0.324. The molecule has 0 radical (unpaired) electrons.